The summed E-state index contributed by atoms with van der Waals surface area (Å²) in [5.74, 6) is -0.545. The van der Waals surface area contributed by atoms with Gasteiger partial charge in [0, 0.05) is 5.02 Å². The van der Waals surface area contributed by atoms with E-state index in [1.807, 2.05) is 0 Å². The topological polar surface area (TPSA) is 13.6 Å². The predicted octanol–water partition coefficient (Wildman–Crippen LogP) is 3.79. The van der Waals surface area contributed by atoms with Gasteiger partial charge in [0.05, 0.1) is 6.57 Å². The summed E-state index contributed by atoms with van der Waals surface area (Å²) in [6.45, 7) is 6.61. The highest BCUT2D eigenvalue weighted by atomic mass is 35.5. The molecule has 0 saturated carbocycles. The van der Waals surface area contributed by atoms with Gasteiger partial charge in [0.25, 0.3) is 0 Å². The average Bonchev–Trinajstić information content (AvgIpc) is 2.06. The Kier molecular flexibility index (Phi) is 2.87. The third-order valence-electron chi connectivity index (χ3n) is 1.27. The number of rotatable bonds is 1. The molecule has 1 aromatic carbocycles. The zero-order chi connectivity index (χ0) is 10.8. The van der Waals surface area contributed by atoms with E-state index in [2.05, 4.69) is 9.58 Å². The lowest BCUT2D eigenvalue weighted by Crippen LogP contribution is -2.17. The fraction of sp³-hybridized carbons (Fsp3) is 0.125. The Morgan fingerprint density at radius 1 is 1.36 bits per heavy atom. The standard InChI is InChI=1S/C8H3ClF3NO/c1-13-6-4-5(9)2-3-7(6)14-8(10,11)12/h2-4H. The molecule has 0 aromatic heterocycles. The monoisotopic (exact) mass is 221 g/mol. The molecule has 1 rings (SSSR count). The van der Waals surface area contributed by atoms with Gasteiger partial charge >= 0.3 is 6.36 Å². The largest absolute Gasteiger partial charge is 0.571 e. The molecule has 1 aromatic rings. The van der Waals surface area contributed by atoms with Crippen molar-refractivity contribution in [2.75, 3.05) is 0 Å². The van der Waals surface area contributed by atoms with Crippen molar-refractivity contribution in [2.24, 2.45) is 0 Å². The summed E-state index contributed by atoms with van der Waals surface area (Å²) in [5, 5.41) is 0.186. The number of hydrogen-bond donors (Lipinski definition) is 0. The Morgan fingerprint density at radius 3 is 2.50 bits per heavy atom. The summed E-state index contributed by atoms with van der Waals surface area (Å²) in [4.78, 5) is 2.86. The first kappa shape index (κ1) is 10.7. The molecular weight excluding hydrogens is 219 g/mol. The van der Waals surface area contributed by atoms with Crippen molar-refractivity contribution in [3.05, 3.63) is 34.6 Å². The predicted molar refractivity (Wildman–Crippen MR) is 44.4 cm³/mol. The third kappa shape index (κ3) is 2.82. The molecule has 0 saturated heterocycles. The highest BCUT2D eigenvalue weighted by Gasteiger charge is 2.32. The van der Waals surface area contributed by atoms with E-state index in [9.17, 15) is 13.2 Å². The van der Waals surface area contributed by atoms with E-state index in [4.69, 9.17) is 18.2 Å². The normalized spacial score (nSPS) is 10.8. The first-order valence-corrected chi connectivity index (χ1v) is 3.73. The number of nitrogens with zero attached hydrogens (tertiary/aromatic N) is 1. The van der Waals surface area contributed by atoms with Crippen LogP contribution in [-0.4, -0.2) is 6.36 Å². The van der Waals surface area contributed by atoms with E-state index >= 15 is 0 Å². The molecule has 0 aliphatic heterocycles. The number of ether oxygens (including phenoxy) is 1. The van der Waals surface area contributed by atoms with Crippen LogP contribution in [-0.2, 0) is 0 Å². The van der Waals surface area contributed by atoms with Crippen LogP contribution in [0.1, 0.15) is 0 Å². The first-order valence-electron chi connectivity index (χ1n) is 3.35. The Morgan fingerprint density at radius 2 is 2.00 bits per heavy atom. The average molecular weight is 222 g/mol. The molecule has 0 amide bonds. The summed E-state index contributed by atoms with van der Waals surface area (Å²) < 4.78 is 39.0. The van der Waals surface area contributed by atoms with Crippen LogP contribution in [0.25, 0.3) is 4.85 Å². The second-order valence-electron chi connectivity index (χ2n) is 2.27. The van der Waals surface area contributed by atoms with Gasteiger partial charge in [0.1, 0.15) is 5.75 Å². The zero-order valence-corrected chi connectivity index (χ0v) is 7.36. The van der Waals surface area contributed by atoms with Crippen LogP contribution in [0.15, 0.2) is 18.2 Å². The van der Waals surface area contributed by atoms with E-state index in [-0.39, 0.29) is 10.7 Å². The molecule has 0 N–H and O–H groups in total. The van der Waals surface area contributed by atoms with Gasteiger partial charge in [-0.2, -0.15) is 0 Å². The van der Waals surface area contributed by atoms with E-state index in [0.29, 0.717) is 0 Å². The summed E-state index contributed by atoms with van der Waals surface area (Å²) in [6, 6.07) is 3.33. The van der Waals surface area contributed by atoms with Crippen molar-refractivity contribution in [2.45, 2.75) is 6.36 Å². The fourth-order valence-electron chi connectivity index (χ4n) is 0.789. The molecule has 0 atom stereocenters. The summed E-state index contributed by atoms with van der Waals surface area (Å²) in [7, 11) is 0. The Balaban J connectivity index is 3.05. The lowest BCUT2D eigenvalue weighted by atomic mass is 10.3. The summed E-state index contributed by atoms with van der Waals surface area (Å²) >= 11 is 5.49. The molecule has 0 spiro atoms. The minimum absolute atomic E-state index is 0.186. The van der Waals surface area contributed by atoms with Crippen molar-refractivity contribution >= 4 is 17.3 Å². The molecule has 0 aliphatic carbocycles. The molecule has 0 fully saturated rings. The van der Waals surface area contributed by atoms with Gasteiger partial charge in [-0.1, -0.05) is 11.6 Å². The second-order valence-corrected chi connectivity index (χ2v) is 2.71. The zero-order valence-electron chi connectivity index (χ0n) is 6.60. The lowest BCUT2D eigenvalue weighted by Gasteiger charge is -2.10. The maximum atomic E-state index is 11.8. The molecular formula is C8H3ClF3NO. The van der Waals surface area contributed by atoms with Gasteiger partial charge in [-0.25, -0.2) is 4.85 Å². The van der Waals surface area contributed by atoms with Crippen LogP contribution in [0, 0.1) is 6.57 Å². The van der Waals surface area contributed by atoms with Crippen LogP contribution in [0.3, 0.4) is 0 Å². The lowest BCUT2D eigenvalue weighted by molar-refractivity contribution is -0.274. The minimum Gasteiger partial charge on any atom is -0.418 e. The Hall–Kier alpha value is -1.41. The first-order chi connectivity index (χ1) is 6.42. The number of benzene rings is 1. The van der Waals surface area contributed by atoms with Crippen molar-refractivity contribution in [3.63, 3.8) is 0 Å². The Labute approximate surface area is 82.7 Å². The minimum atomic E-state index is -4.80. The quantitative estimate of drug-likeness (QED) is 0.658. The molecule has 74 valence electrons. The summed E-state index contributed by atoms with van der Waals surface area (Å²) in [5.41, 5.74) is -0.269. The molecule has 14 heavy (non-hydrogen) atoms. The molecule has 0 radical (unpaired) electrons. The van der Waals surface area contributed by atoms with E-state index in [1.165, 1.54) is 6.07 Å². The summed E-state index contributed by atoms with van der Waals surface area (Å²) in [6.07, 6.45) is -4.80. The van der Waals surface area contributed by atoms with Crippen molar-refractivity contribution in [3.8, 4) is 5.75 Å². The highest BCUT2D eigenvalue weighted by molar-refractivity contribution is 6.30. The number of halogens is 4. The molecule has 2 nitrogen and oxygen atoms in total. The van der Waals surface area contributed by atoms with Gasteiger partial charge in [-0.05, 0) is 18.2 Å². The van der Waals surface area contributed by atoms with Crippen LogP contribution >= 0.6 is 11.6 Å². The van der Waals surface area contributed by atoms with Gasteiger partial charge < -0.3 is 4.74 Å². The fourth-order valence-corrected chi connectivity index (χ4v) is 0.955. The van der Waals surface area contributed by atoms with E-state index < -0.39 is 12.1 Å². The highest BCUT2D eigenvalue weighted by Crippen LogP contribution is 2.34. The Bertz CT molecular complexity index is 383. The molecule has 0 heterocycles. The van der Waals surface area contributed by atoms with Gasteiger partial charge in [-0.15, -0.1) is 13.2 Å². The van der Waals surface area contributed by atoms with Gasteiger partial charge in [0.15, 0.2) is 0 Å². The van der Waals surface area contributed by atoms with Gasteiger partial charge in [-0.3, -0.25) is 0 Å². The molecule has 0 aliphatic rings. The van der Waals surface area contributed by atoms with Crippen LogP contribution in [0.5, 0.6) is 5.75 Å². The van der Waals surface area contributed by atoms with Crippen molar-refractivity contribution in [1.29, 1.82) is 0 Å². The third-order valence-corrected chi connectivity index (χ3v) is 1.50. The van der Waals surface area contributed by atoms with Crippen molar-refractivity contribution < 1.29 is 17.9 Å². The maximum absolute atomic E-state index is 11.8. The second kappa shape index (κ2) is 3.76. The molecule has 0 bridgehead atoms. The van der Waals surface area contributed by atoms with Crippen LogP contribution in [0.4, 0.5) is 18.9 Å². The number of hydrogen-bond acceptors (Lipinski definition) is 1. The molecule has 6 heteroatoms. The SMILES string of the molecule is [C-]#[N+]c1cc(Cl)ccc1OC(F)(F)F. The number of alkyl halides is 3. The molecule has 0 unspecified atom stereocenters. The maximum Gasteiger partial charge on any atom is 0.571 e. The van der Waals surface area contributed by atoms with E-state index in [1.54, 1.807) is 0 Å². The van der Waals surface area contributed by atoms with Gasteiger partial charge in [0.2, 0.25) is 5.69 Å². The van der Waals surface area contributed by atoms with Crippen molar-refractivity contribution in [1.82, 2.24) is 0 Å². The smallest absolute Gasteiger partial charge is 0.418 e. The van der Waals surface area contributed by atoms with E-state index in [0.717, 1.165) is 12.1 Å². The van der Waals surface area contributed by atoms with Crippen LogP contribution in [0.2, 0.25) is 5.02 Å². The van der Waals surface area contributed by atoms with Crippen LogP contribution < -0.4 is 4.74 Å².